The van der Waals surface area contributed by atoms with Crippen LogP contribution >= 0.6 is 0 Å². The topological polar surface area (TPSA) is 49.3 Å². The van der Waals surface area contributed by atoms with E-state index in [1.165, 1.54) is 5.56 Å². The van der Waals surface area contributed by atoms with Crippen molar-refractivity contribution < 1.29 is 9.90 Å². The molecule has 1 aromatic rings. The molecule has 3 nitrogen and oxygen atoms in total. The van der Waals surface area contributed by atoms with Gasteiger partial charge in [-0.25, -0.2) is 0 Å². The zero-order valence-corrected chi connectivity index (χ0v) is 8.86. The summed E-state index contributed by atoms with van der Waals surface area (Å²) in [5.41, 5.74) is 2.22. The molecule has 3 heteroatoms. The summed E-state index contributed by atoms with van der Waals surface area (Å²) in [4.78, 5) is 11.3. The molecule has 0 unspecified atom stereocenters. The van der Waals surface area contributed by atoms with Crippen molar-refractivity contribution in [2.45, 2.75) is 12.8 Å². The summed E-state index contributed by atoms with van der Waals surface area (Å²) in [6, 6.07) is 5.41. The van der Waals surface area contributed by atoms with E-state index in [9.17, 15) is 9.90 Å². The Bertz CT molecular complexity index is 493. The molecule has 2 N–H and O–H groups in total. The van der Waals surface area contributed by atoms with Crippen LogP contribution in [0.4, 0.5) is 0 Å². The van der Waals surface area contributed by atoms with Crippen LogP contribution in [0.15, 0.2) is 24.3 Å². The average molecular weight is 215 g/mol. The monoisotopic (exact) mass is 215 g/mol. The lowest BCUT2D eigenvalue weighted by Crippen LogP contribution is -2.26. The molecule has 1 aliphatic heterocycles. The molecule has 1 atom stereocenters. The highest BCUT2D eigenvalue weighted by Crippen LogP contribution is 2.38. The highest BCUT2D eigenvalue weighted by Gasteiger charge is 2.38. The number of carbonyl (C=O) groups excluding carboxylic acids is 1. The summed E-state index contributed by atoms with van der Waals surface area (Å²) in [7, 11) is 0. The molecule has 1 fully saturated rings. The Balaban J connectivity index is 1.98. The Labute approximate surface area is 93.8 Å². The van der Waals surface area contributed by atoms with Gasteiger partial charge in [0.25, 0.3) is 0 Å². The third-order valence-electron chi connectivity index (χ3n) is 3.44. The fourth-order valence-corrected chi connectivity index (χ4v) is 2.57. The van der Waals surface area contributed by atoms with E-state index in [1.807, 2.05) is 12.1 Å². The van der Waals surface area contributed by atoms with Crippen molar-refractivity contribution in [2.75, 3.05) is 6.54 Å². The van der Waals surface area contributed by atoms with E-state index in [0.717, 1.165) is 18.5 Å². The Morgan fingerprint density at radius 3 is 2.94 bits per heavy atom. The van der Waals surface area contributed by atoms with Crippen molar-refractivity contribution in [2.24, 2.45) is 5.41 Å². The number of aromatic hydroxyl groups is 1. The molecular weight excluding hydrogens is 202 g/mol. The van der Waals surface area contributed by atoms with E-state index >= 15 is 0 Å². The van der Waals surface area contributed by atoms with E-state index in [0.29, 0.717) is 12.2 Å². The molecule has 1 aliphatic carbocycles. The summed E-state index contributed by atoms with van der Waals surface area (Å²) >= 11 is 0. The number of phenolic OH excluding ortho intramolecular Hbond substituents is 1. The second-order valence-electron chi connectivity index (χ2n) is 4.71. The number of amides is 1. The van der Waals surface area contributed by atoms with Crippen LogP contribution in [0.1, 0.15) is 17.5 Å². The fourth-order valence-electron chi connectivity index (χ4n) is 2.57. The molecule has 0 bridgehead atoms. The molecule has 0 saturated carbocycles. The number of rotatable bonds is 0. The van der Waals surface area contributed by atoms with Crippen LogP contribution in [0.5, 0.6) is 5.75 Å². The third kappa shape index (κ3) is 1.40. The zero-order chi connectivity index (χ0) is 11.2. The molecule has 1 aromatic carbocycles. The van der Waals surface area contributed by atoms with E-state index in [2.05, 4.69) is 11.4 Å². The van der Waals surface area contributed by atoms with Crippen molar-refractivity contribution in [3.05, 3.63) is 35.4 Å². The van der Waals surface area contributed by atoms with Crippen LogP contribution in [-0.4, -0.2) is 17.6 Å². The van der Waals surface area contributed by atoms with Gasteiger partial charge >= 0.3 is 0 Å². The number of fused-ring (bicyclic) bond motifs is 1. The normalized spacial score (nSPS) is 26.9. The molecule has 1 saturated heterocycles. The van der Waals surface area contributed by atoms with Gasteiger partial charge < -0.3 is 10.4 Å². The first-order chi connectivity index (χ1) is 7.67. The maximum Gasteiger partial charge on any atom is 0.220 e. The van der Waals surface area contributed by atoms with Gasteiger partial charge in [0.2, 0.25) is 5.91 Å². The van der Waals surface area contributed by atoms with E-state index in [4.69, 9.17) is 0 Å². The van der Waals surface area contributed by atoms with Crippen LogP contribution < -0.4 is 5.32 Å². The molecule has 0 radical (unpaired) electrons. The summed E-state index contributed by atoms with van der Waals surface area (Å²) in [5, 5.41) is 12.3. The highest BCUT2D eigenvalue weighted by molar-refractivity contribution is 5.80. The molecule has 2 aliphatic rings. The Kier molecular flexibility index (Phi) is 1.84. The molecule has 82 valence electrons. The summed E-state index contributed by atoms with van der Waals surface area (Å²) in [5.74, 6) is 0.423. The molecular formula is C13H13NO2. The van der Waals surface area contributed by atoms with Gasteiger partial charge in [0.05, 0.1) is 0 Å². The molecule has 1 amide bonds. The van der Waals surface area contributed by atoms with Crippen LogP contribution in [-0.2, 0) is 11.2 Å². The first-order valence-electron chi connectivity index (χ1n) is 5.45. The fraction of sp³-hybridized carbons (Fsp3) is 0.308. The molecule has 1 heterocycles. The van der Waals surface area contributed by atoms with Gasteiger partial charge in [0, 0.05) is 18.4 Å². The van der Waals surface area contributed by atoms with Gasteiger partial charge in [-0.1, -0.05) is 18.2 Å². The van der Waals surface area contributed by atoms with Gasteiger partial charge in [0.1, 0.15) is 5.75 Å². The van der Waals surface area contributed by atoms with Crippen molar-refractivity contribution in [1.29, 1.82) is 0 Å². The van der Waals surface area contributed by atoms with Gasteiger partial charge in [-0.3, -0.25) is 4.79 Å². The second-order valence-corrected chi connectivity index (χ2v) is 4.71. The van der Waals surface area contributed by atoms with Crippen LogP contribution in [0.3, 0.4) is 0 Å². The van der Waals surface area contributed by atoms with Crippen molar-refractivity contribution in [1.82, 2.24) is 5.32 Å². The lowest BCUT2D eigenvalue weighted by molar-refractivity contribution is -0.119. The predicted molar refractivity (Wildman–Crippen MR) is 60.9 cm³/mol. The summed E-state index contributed by atoms with van der Waals surface area (Å²) in [6.45, 7) is 0.725. The van der Waals surface area contributed by atoms with E-state index in [1.54, 1.807) is 12.1 Å². The second kappa shape index (κ2) is 3.11. The van der Waals surface area contributed by atoms with Gasteiger partial charge in [-0.15, -0.1) is 0 Å². The first-order valence-corrected chi connectivity index (χ1v) is 5.45. The number of phenols is 1. The maximum absolute atomic E-state index is 11.3. The van der Waals surface area contributed by atoms with E-state index in [-0.39, 0.29) is 11.3 Å². The van der Waals surface area contributed by atoms with Crippen molar-refractivity contribution >= 4 is 12.0 Å². The van der Waals surface area contributed by atoms with Crippen LogP contribution in [0.25, 0.3) is 6.08 Å². The maximum atomic E-state index is 11.3. The number of nitrogens with one attached hydrogen (secondary N) is 1. The van der Waals surface area contributed by atoms with Crippen LogP contribution in [0.2, 0.25) is 0 Å². The smallest absolute Gasteiger partial charge is 0.220 e. The summed E-state index contributed by atoms with van der Waals surface area (Å²) in [6.07, 6.45) is 5.56. The number of carbonyl (C=O) groups is 1. The molecule has 1 spiro atoms. The largest absolute Gasteiger partial charge is 0.508 e. The van der Waals surface area contributed by atoms with Gasteiger partial charge in [0.15, 0.2) is 0 Å². The predicted octanol–water partition coefficient (Wildman–Crippen LogP) is 1.47. The van der Waals surface area contributed by atoms with Crippen LogP contribution in [0, 0.1) is 5.41 Å². The zero-order valence-electron chi connectivity index (χ0n) is 8.86. The first kappa shape index (κ1) is 9.46. The average Bonchev–Trinajstić information content (AvgIpc) is 2.61. The minimum atomic E-state index is -0.0406. The minimum absolute atomic E-state index is 0.0406. The van der Waals surface area contributed by atoms with Crippen molar-refractivity contribution in [3.63, 3.8) is 0 Å². The number of benzene rings is 1. The highest BCUT2D eigenvalue weighted by atomic mass is 16.3. The Morgan fingerprint density at radius 2 is 2.19 bits per heavy atom. The number of hydrogen-bond donors (Lipinski definition) is 2. The quantitative estimate of drug-likeness (QED) is 0.688. The lowest BCUT2D eigenvalue weighted by Gasteiger charge is -2.28. The van der Waals surface area contributed by atoms with Gasteiger partial charge in [-0.2, -0.15) is 0 Å². The standard InChI is InChI=1S/C13H13NO2/c15-11-2-1-10-6-13(4-3-9(10)5-11)7-12(16)14-8-13/h1-5,15H,6-8H2,(H,14,16)/t13-/m1/s1. The number of hydrogen-bond acceptors (Lipinski definition) is 2. The molecule has 16 heavy (non-hydrogen) atoms. The van der Waals surface area contributed by atoms with Gasteiger partial charge in [-0.05, 0) is 29.7 Å². The lowest BCUT2D eigenvalue weighted by atomic mass is 9.75. The summed E-state index contributed by atoms with van der Waals surface area (Å²) < 4.78 is 0. The third-order valence-corrected chi connectivity index (χ3v) is 3.44. The van der Waals surface area contributed by atoms with E-state index < -0.39 is 0 Å². The molecule has 0 aromatic heterocycles. The van der Waals surface area contributed by atoms with Crippen molar-refractivity contribution in [3.8, 4) is 5.75 Å². The molecule has 3 rings (SSSR count). The Morgan fingerprint density at radius 1 is 1.31 bits per heavy atom. The SMILES string of the molecule is O=C1C[C@]2(C=Cc3cc(O)ccc3C2)CN1. The Hall–Kier alpha value is -1.77. The minimum Gasteiger partial charge on any atom is -0.508 e.